The molecule has 18 heavy (non-hydrogen) atoms. The van der Waals surface area contributed by atoms with Crippen molar-refractivity contribution < 1.29 is 26.3 Å². The van der Waals surface area contributed by atoms with Crippen molar-refractivity contribution in [3.8, 4) is 0 Å². The second kappa shape index (κ2) is 4.15. The second-order valence-corrected chi connectivity index (χ2v) is 4.15. The van der Waals surface area contributed by atoms with Gasteiger partial charge in [-0.3, -0.25) is 0 Å². The average molecular weight is 269 g/mol. The SMILES string of the molecule is FC(F)(F)c1ccc(C(F)(F)F)c(C2CNC2)c1. The van der Waals surface area contributed by atoms with Gasteiger partial charge in [-0.15, -0.1) is 0 Å². The molecule has 1 saturated heterocycles. The van der Waals surface area contributed by atoms with Crippen LogP contribution in [0, 0.1) is 0 Å². The van der Waals surface area contributed by atoms with Crippen molar-refractivity contribution in [2.24, 2.45) is 0 Å². The molecule has 0 saturated carbocycles. The molecule has 100 valence electrons. The Morgan fingerprint density at radius 2 is 1.56 bits per heavy atom. The zero-order chi connectivity index (χ0) is 13.6. The van der Waals surface area contributed by atoms with Crippen molar-refractivity contribution in [3.63, 3.8) is 0 Å². The van der Waals surface area contributed by atoms with Crippen molar-refractivity contribution in [1.29, 1.82) is 0 Å². The van der Waals surface area contributed by atoms with Crippen LogP contribution in [-0.2, 0) is 12.4 Å². The Morgan fingerprint density at radius 3 is 1.94 bits per heavy atom. The maximum absolute atomic E-state index is 12.7. The van der Waals surface area contributed by atoms with E-state index in [4.69, 9.17) is 0 Å². The lowest BCUT2D eigenvalue weighted by atomic mass is 9.88. The summed E-state index contributed by atoms with van der Waals surface area (Å²) in [5.41, 5.74) is -2.31. The quantitative estimate of drug-likeness (QED) is 0.770. The van der Waals surface area contributed by atoms with Gasteiger partial charge in [0.15, 0.2) is 0 Å². The first-order valence-electron chi connectivity index (χ1n) is 5.18. The van der Waals surface area contributed by atoms with Gasteiger partial charge in [-0.05, 0) is 23.8 Å². The minimum Gasteiger partial charge on any atom is -0.315 e. The van der Waals surface area contributed by atoms with Gasteiger partial charge in [-0.25, -0.2) is 0 Å². The predicted octanol–water partition coefficient (Wildman–Crippen LogP) is 3.41. The van der Waals surface area contributed by atoms with E-state index in [-0.39, 0.29) is 18.7 Å². The molecule has 1 heterocycles. The highest BCUT2D eigenvalue weighted by Crippen LogP contribution is 2.39. The van der Waals surface area contributed by atoms with Crippen molar-refractivity contribution in [3.05, 3.63) is 34.9 Å². The molecule has 1 fully saturated rings. The van der Waals surface area contributed by atoms with E-state index in [1.165, 1.54) is 0 Å². The van der Waals surface area contributed by atoms with Gasteiger partial charge >= 0.3 is 12.4 Å². The van der Waals surface area contributed by atoms with Gasteiger partial charge in [-0.1, -0.05) is 0 Å². The Bertz CT molecular complexity index is 444. The summed E-state index contributed by atoms with van der Waals surface area (Å²) < 4.78 is 75.5. The molecular formula is C11H9F6N. The Hall–Kier alpha value is -1.24. The largest absolute Gasteiger partial charge is 0.416 e. The third kappa shape index (κ3) is 2.45. The number of hydrogen-bond acceptors (Lipinski definition) is 1. The third-order valence-corrected chi connectivity index (χ3v) is 2.91. The molecule has 0 aromatic heterocycles. The fourth-order valence-electron chi connectivity index (χ4n) is 1.84. The van der Waals surface area contributed by atoms with Crippen LogP contribution in [-0.4, -0.2) is 13.1 Å². The van der Waals surface area contributed by atoms with Crippen LogP contribution in [0.5, 0.6) is 0 Å². The summed E-state index contributed by atoms with van der Waals surface area (Å²) in [4.78, 5) is 0. The van der Waals surface area contributed by atoms with Gasteiger partial charge < -0.3 is 5.32 Å². The zero-order valence-corrected chi connectivity index (χ0v) is 8.99. The van der Waals surface area contributed by atoms with Crippen LogP contribution in [0.4, 0.5) is 26.3 Å². The lowest BCUT2D eigenvalue weighted by Gasteiger charge is -2.30. The minimum absolute atomic E-state index is 0.268. The molecule has 0 radical (unpaired) electrons. The summed E-state index contributed by atoms with van der Waals surface area (Å²) >= 11 is 0. The molecule has 1 N–H and O–H groups in total. The summed E-state index contributed by atoms with van der Waals surface area (Å²) in [6, 6.07) is 1.59. The Labute approximate surface area is 98.8 Å². The molecule has 0 amide bonds. The number of nitrogens with one attached hydrogen (secondary N) is 1. The van der Waals surface area contributed by atoms with Gasteiger partial charge in [0.25, 0.3) is 0 Å². The van der Waals surface area contributed by atoms with Gasteiger partial charge in [0.2, 0.25) is 0 Å². The molecule has 1 aliphatic heterocycles. The summed E-state index contributed by atoms with van der Waals surface area (Å²) in [6.07, 6.45) is -9.26. The lowest BCUT2D eigenvalue weighted by Crippen LogP contribution is -2.41. The van der Waals surface area contributed by atoms with Crippen LogP contribution >= 0.6 is 0 Å². The molecule has 0 aliphatic carbocycles. The maximum atomic E-state index is 12.7. The van der Waals surface area contributed by atoms with Crippen LogP contribution < -0.4 is 5.32 Å². The highest BCUT2D eigenvalue weighted by atomic mass is 19.4. The number of hydrogen-bond donors (Lipinski definition) is 1. The Morgan fingerprint density at radius 1 is 0.944 bits per heavy atom. The van der Waals surface area contributed by atoms with Gasteiger partial charge in [0.05, 0.1) is 11.1 Å². The van der Waals surface area contributed by atoms with E-state index in [1.54, 1.807) is 0 Å². The molecule has 0 spiro atoms. The predicted molar refractivity (Wildman–Crippen MR) is 52.1 cm³/mol. The number of halogens is 6. The number of alkyl halides is 6. The zero-order valence-electron chi connectivity index (χ0n) is 8.99. The van der Waals surface area contributed by atoms with Crippen LogP contribution in [0.15, 0.2) is 18.2 Å². The summed E-state index contributed by atoms with van der Waals surface area (Å²) in [5.74, 6) is -0.510. The molecule has 0 atom stereocenters. The van der Waals surface area contributed by atoms with Crippen molar-refractivity contribution in [1.82, 2.24) is 5.32 Å². The molecular weight excluding hydrogens is 260 g/mol. The molecule has 1 aliphatic rings. The number of benzene rings is 1. The first-order chi connectivity index (χ1) is 8.19. The maximum Gasteiger partial charge on any atom is 0.416 e. The summed E-state index contributed by atoms with van der Waals surface area (Å²) in [7, 11) is 0. The molecule has 1 aromatic rings. The van der Waals surface area contributed by atoms with Crippen LogP contribution in [0.2, 0.25) is 0 Å². The average Bonchev–Trinajstić information content (AvgIpc) is 2.11. The monoisotopic (exact) mass is 269 g/mol. The van der Waals surface area contributed by atoms with Crippen molar-refractivity contribution in [2.45, 2.75) is 18.3 Å². The smallest absolute Gasteiger partial charge is 0.315 e. The second-order valence-electron chi connectivity index (χ2n) is 4.15. The molecule has 0 unspecified atom stereocenters. The van der Waals surface area contributed by atoms with E-state index in [1.807, 2.05) is 0 Å². The van der Waals surface area contributed by atoms with E-state index >= 15 is 0 Å². The molecule has 2 rings (SSSR count). The third-order valence-electron chi connectivity index (χ3n) is 2.91. The first-order valence-corrected chi connectivity index (χ1v) is 5.18. The molecule has 7 heteroatoms. The van der Waals surface area contributed by atoms with Crippen molar-refractivity contribution >= 4 is 0 Å². The van der Waals surface area contributed by atoms with Crippen LogP contribution in [0.25, 0.3) is 0 Å². The van der Waals surface area contributed by atoms with E-state index in [9.17, 15) is 26.3 Å². The summed E-state index contributed by atoms with van der Waals surface area (Å²) in [6.45, 7) is 0.536. The first kappa shape index (κ1) is 13.2. The molecule has 1 nitrogen and oxygen atoms in total. The van der Waals surface area contributed by atoms with E-state index in [2.05, 4.69) is 5.32 Å². The highest BCUT2D eigenvalue weighted by molar-refractivity contribution is 5.39. The number of rotatable bonds is 1. The fourth-order valence-corrected chi connectivity index (χ4v) is 1.84. The standard InChI is InChI=1S/C11H9F6N/c12-10(13,14)7-1-2-9(11(15,16)17)8(3-7)6-4-18-5-6/h1-3,6,18H,4-5H2. The minimum atomic E-state index is -4.63. The fraction of sp³-hybridized carbons (Fsp3) is 0.455. The molecule has 0 bridgehead atoms. The van der Waals surface area contributed by atoms with E-state index in [0.717, 1.165) is 0 Å². The highest BCUT2D eigenvalue weighted by Gasteiger charge is 2.39. The van der Waals surface area contributed by atoms with Gasteiger partial charge in [0.1, 0.15) is 0 Å². The van der Waals surface area contributed by atoms with Crippen LogP contribution in [0.3, 0.4) is 0 Å². The van der Waals surface area contributed by atoms with Crippen molar-refractivity contribution in [2.75, 3.05) is 13.1 Å². The Balaban J connectivity index is 2.49. The lowest BCUT2D eigenvalue weighted by molar-refractivity contribution is -0.142. The van der Waals surface area contributed by atoms with Crippen LogP contribution in [0.1, 0.15) is 22.6 Å². The molecule has 1 aromatic carbocycles. The van der Waals surface area contributed by atoms with Gasteiger partial charge in [0, 0.05) is 19.0 Å². The topological polar surface area (TPSA) is 12.0 Å². The summed E-state index contributed by atoms with van der Waals surface area (Å²) in [5, 5.41) is 2.75. The van der Waals surface area contributed by atoms with Gasteiger partial charge in [-0.2, -0.15) is 26.3 Å². The van der Waals surface area contributed by atoms with E-state index in [0.29, 0.717) is 18.2 Å². The normalized spacial score (nSPS) is 17.7. The Kier molecular flexibility index (Phi) is 3.04. The van der Waals surface area contributed by atoms with E-state index < -0.39 is 29.4 Å².